The normalized spacial score (nSPS) is 22.4. The molecule has 1 saturated heterocycles. The molecule has 2 amide bonds. The molecule has 1 N–H and O–H groups in total. The lowest BCUT2D eigenvalue weighted by Gasteiger charge is -2.36. The Hall–Kier alpha value is -2.45. The topological polar surface area (TPSA) is 77.1 Å². The number of urea groups is 1. The highest BCUT2D eigenvalue weighted by atomic mass is 19.1. The first-order chi connectivity index (χ1) is 13.5. The van der Waals surface area contributed by atoms with Crippen LogP contribution in [0, 0.1) is 5.82 Å². The summed E-state index contributed by atoms with van der Waals surface area (Å²) >= 11 is 0. The Morgan fingerprint density at radius 3 is 2.71 bits per heavy atom. The van der Waals surface area contributed by atoms with E-state index < -0.39 is 17.8 Å². The molecule has 2 heterocycles. The van der Waals surface area contributed by atoms with E-state index in [9.17, 15) is 14.0 Å². The highest BCUT2D eigenvalue weighted by Gasteiger charge is 2.37. The number of hydrogen-bond acceptors (Lipinski definition) is 5. The first kappa shape index (κ1) is 20.3. The van der Waals surface area contributed by atoms with E-state index in [1.54, 1.807) is 19.1 Å². The van der Waals surface area contributed by atoms with Crippen LogP contribution < -0.4 is 5.32 Å². The predicted octanol–water partition coefficient (Wildman–Crippen LogP) is 2.53. The lowest BCUT2D eigenvalue weighted by atomic mass is 9.94. The molecule has 8 heteroatoms. The summed E-state index contributed by atoms with van der Waals surface area (Å²) in [5.74, 6) is -0.933. The van der Waals surface area contributed by atoms with Crippen molar-refractivity contribution in [2.24, 2.45) is 0 Å². The molecule has 0 radical (unpaired) electrons. The molecular formula is C20H25FN2O5. The van der Waals surface area contributed by atoms with Crippen molar-refractivity contribution in [2.45, 2.75) is 31.9 Å². The molecule has 0 aromatic heterocycles. The Labute approximate surface area is 163 Å². The van der Waals surface area contributed by atoms with Gasteiger partial charge in [-0.3, -0.25) is 4.90 Å². The molecule has 152 valence electrons. The largest absolute Gasteiger partial charge is 0.460 e. The Kier molecular flexibility index (Phi) is 6.64. The Balaban J connectivity index is 1.91. The van der Waals surface area contributed by atoms with Crippen LogP contribution in [0.2, 0.25) is 0 Å². The maximum atomic E-state index is 13.3. The van der Waals surface area contributed by atoms with E-state index >= 15 is 0 Å². The molecular weight excluding hydrogens is 367 g/mol. The van der Waals surface area contributed by atoms with Gasteiger partial charge in [0.2, 0.25) is 0 Å². The summed E-state index contributed by atoms with van der Waals surface area (Å²) in [5, 5.41) is 2.85. The minimum atomic E-state index is -0.719. The molecule has 2 atom stereocenters. The number of nitrogens with zero attached hydrogens (tertiary/aromatic N) is 1. The number of hydrogen-bond donors (Lipinski definition) is 1. The third-order valence-corrected chi connectivity index (χ3v) is 4.95. The molecule has 1 aromatic rings. The molecule has 1 fully saturated rings. The number of halogens is 1. The molecule has 0 spiro atoms. The number of amides is 2. The quantitative estimate of drug-likeness (QED) is 0.570. The van der Waals surface area contributed by atoms with Crippen LogP contribution in [-0.2, 0) is 19.0 Å². The standard InChI is InChI=1S/C20H25FN2O5/c1-13-17(19(24)28-11-10-26-2)18(14-5-7-15(21)8-6-14)22-20(25)23(13)12-16-4-3-9-27-16/h5-8,16,18H,3-4,9-12H2,1-2H3,(H,22,25)/t16-,18-/m1/s1. The summed E-state index contributed by atoms with van der Waals surface area (Å²) in [7, 11) is 1.52. The van der Waals surface area contributed by atoms with Gasteiger partial charge in [-0.25, -0.2) is 14.0 Å². The van der Waals surface area contributed by atoms with Gasteiger partial charge in [0.1, 0.15) is 12.4 Å². The van der Waals surface area contributed by atoms with Crippen molar-refractivity contribution in [1.29, 1.82) is 0 Å². The maximum absolute atomic E-state index is 13.3. The fraction of sp³-hybridized carbons (Fsp3) is 0.500. The fourth-order valence-electron chi connectivity index (χ4n) is 3.46. The van der Waals surface area contributed by atoms with Crippen LogP contribution in [0.5, 0.6) is 0 Å². The Morgan fingerprint density at radius 1 is 1.32 bits per heavy atom. The molecule has 0 unspecified atom stereocenters. The van der Waals surface area contributed by atoms with Gasteiger partial charge in [-0.15, -0.1) is 0 Å². The van der Waals surface area contributed by atoms with E-state index in [0.29, 0.717) is 30.0 Å². The molecule has 28 heavy (non-hydrogen) atoms. The van der Waals surface area contributed by atoms with Gasteiger partial charge in [0.25, 0.3) is 0 Å². The van der Waals surface area contributed by atoms with Crippen molar-refractivity contribution >= 4 is 12.0 Å². The van der Waals surface area contributed by atoms with E-state index in [4.69, 9.17) is 14.2 Å². The second-order valence-electron chi connectivity index (χ2n) is 6.81. The van der Waals surface area contributed by atoms with Crippen LogP contribution in [0.15, 0.2) is 35.5 Å². The summed E-state index contributed by atoms with van der Waals surface area (Å²) < 4.78 is 29.2. The van der Waals surface area contributed by atoms with Gasteiger partial charge in [-0.05, 0) is 37.5 Å². The average molecular weight is 392 g/mol. The lowest BCUT2D eigenvalue weighted by molar-refractivity contribution is -0.141. The van der Waals surface area contributed by atoms with Crippen LogP contribution in [0.1, 0.15) is 31.4 Å². The van der Waals surface area contributed by atoms with Gasteiger partial charge in [-0.2, -0.15) is 0 Å². The molecule has 7 nitrogen and oxygen atoms in total. The SMILES string of the molecule is COCCOC(=O)C1=C(C)N(C[C@H]2CCCO2)C(=O)N[C@@H]1c1ccc(F)cc1. The predicted molar refractivity (Wildman–Crippen MR) is 98.9 cm³/mol. The van der Waals surface area contributed by atoms with Gasteiger partial charge in [0, 0.05) is 19.4 Å². The monoisotopic (exact) mass is 392 g/mol. The van der Waals surface area contributed by atoms with Crippen LogP contribution in [0.4, 0.5) is 9.18 Å². The lowest BCUT2D eigenvalue weighted by Crippen LogP contribution is -2.50. The smallest absolute Gasteiger partial charge is 0.338 e. The summed E-state index contributed by atoms with van der Waals surface area (Å²) in [6.45, 7) is 3.12. The summed E-state index contributed by atoms with van der Waals surface area (Å²) in [4.78, 5) is 27.1. The zero-order valence-corrected chi connectivity index (χ0v) is 16.1. The van der Waals surface area contributed by atoms with Crippen molar-refractivity contribution in [3.05, 3.63) is 46.9 Å². The number of benzene rings is 1. The van der Waals surface area contributed by atoms with Crippen LogP contribution in [0.25, 0.3) is 0 Å². The average Bonchev–Trinajstić information content (AvgIpc) is 3.18. The van der Waals surface area contributed by atoms with Crippen molar-refractivity contribution in [3.8, 4) is 0 Å². The first-order valence-corrected chi connectivity index (χ1v) is 9.33. The van der Waals surface area contributed by atoms with Crippen molar-refractivity contribution < 1.29 is 28.2 Å². The van der Waals surface area contributed by atoms with Gasteiger partial charge in [0.05, 0.1) is 30.9 Å². The molecule has 1 aromatic carbocycles. The number of rotatable bonds is 7. The van der Waals surface area contributed by atoms with Gasteiger partial charge >= 0.3 is 12.0 Å². The van der Waals surface area contributed by atoms with E-state index in [-0.39, 0.29) is 25.3 Å². The number of nitrogens with one attached hydrogen (secondary N) is 1. The minimum Gasteiger partial charge on any atom is -0.460 e. The molecule has 2 aliphatic rings. The highest BCUT2D eigenvalue weighted by Crippen LogP contribution is 2.32. The summed E-state index contributed by atoms with van der Waals surface area (Å²) in [5.41, 5.74) is 1.43. The van der Waals surface area contributed by atoms with E-state index in [2.05, 4.69) is 5.32 Å². The van der Waals surface area contributed by atoms with E-state index in [1.165, 1.54) is 24.1 Å². The van der Waals surface area contributed by atoms with Crippen LogP contribution >= 0.6 is 0 Å². The van der Waals surface area contributed by atoms with Gasteiger partial charge in [-0.1, -0.05) is 12.1 Å². The van der Waals surface area contributed by atoms with E-state index in [0.717, 1.165) is 12.8 Å². The third kappa shape index (κ3) is 4.51. The number of methoxy groups -OCH3 is 1. The summed E-state index contributed by atoms with van der Waals surface area (Å²) in [6, 6.07) is 4.64. The number of carbonyl (C=O) groups is 2. The first-order valence-electron chi connectivity index (χ1n) is 9.33. The summed E-state index contributed by atoms with van der Waals surface area (Å²) in [6.07, 6.45) is 1.76. The number of allylic oxidation sites excluding steroid dienone is 1. The number of esters is 1. The van der Waals surface area contributed by atoms with Gasteiger partial charge in [0.15, 0.2) is 0 Å². The molecule has 3 rings (SSSR count). The van der Waals surface area contributed by atoms with Crippen molar-refractivity contribution in [1.82, 2.24) is 10.2 Å². The third-order valence-electron chi connectivity index (χ3n) is 4.95. The Morgan fingerprint density at radius 2 is 2.07 bits per heavy atom. The molecule has 0 bridgehead atoms. The van der Waals surface area contributed by atoms with Crippen molar-refractivity contribution in [3.63, 3.8) is 0 Å². The maximum Gasteiger partial charge on any atom is 0.338 e. The highest BCUT2D eigenvalue weighted by molar-refractivity contribution is 5.95. The van der Waals surface area contributed by atoms with Crippen molar-refractivity contribution in [2.75, 3.05) is 33.5 Å². The van der Waals surface area contributed by atoms with E-state index in [1.807, 2.05) is 0 Å². The zero-order valence-electron chi connectivity index (χ0n) is 16.1. The number of carbonyl (C=O) groups excluding carboxylic acids is 2. The zero-order chi connectivity index (χ0) is 20.1. The molecule has 0 aliphatic carbocycles. The number of ether oxygens (including phenoxy) is 3. The molecule has 2 aliphatic heterocycles. The minimum absolute atomic E-state index is 0.0613. The molecule has 0 saturated carbocycles. The fourth-order valence-corrected chi connectivity index (χ4v) is 3.46. The second kappa shape index (κ2) is 9.16. The Bertz CT molecular complexity index is 743. The van der Waals surface area contributed by atoms with Crippen LogP contribution in [-0.4, -0.2) is 56.5 Å². The second-order valence-corrected chi connectivity index (χ2v) is 6.81. The van der Waals surface area contributed by atoms with Gasteiger partial charge < -0.3 is 19.5 Å². The van der Waals surface area contributed by atoms with Crippen LogP contribution in [0.3, 0.4) is 0 Å².